The second-order valence-electron chi connectivity index (χ2n) is 4.70. The van der Waals surface area contributed by atoms with Gasteiger partial charge in [0.1, 0.15) is 0 Å². The van der Waals surface area contributed by atoms with Crippen molar-refractivity contribution < 1.29 is 9.53 Å². The SMILES string of the molecule is C=C(C)/C=C1\COC\C(=C/C(/C=C\C)=C/C)C1=O.C=CC. The van der Waals surface area contributed by atoms with E-state index in [2.05, 4.69) is 13.2 Å². The Labute approximate surface area is 128 Å². The topological polar surface area (TPSA) is 26.3 Å². The van der Waals surface area contributed by atoms with Gasteiger partial charge in [0.15, 0.2) is 5.78 Å². The van der Waals surface area contributed by atoms with Crippen LogP contribution >= 0.6 is 0 Å². The van der Waals surface area contributed by atoms with E-state index in [1.807, 2.05) is 52.0 Å². The highest BCUT2D eigenvalue weighted by Gasteiger charge is 2.20. The first-order chi connectivity index (χ1) is 9.99. The van der Waals surface area contributed by atoms with Crippen LogP contribution < -0.4 is 0 Å². The van der Waals surface area contributed by atoms with E-state index in [0.717, 1.165) is 11.1 Å². The Morgan fingerprint density at radius 3 is 2.10 bits per heavy atom. The van der Waals surface area contributed by atoms with Crippen LogP contribution in [-0.2, 0) is 9.53 Å². The molecule has 0 unspecified atom stereocenters. The molecule has 1 aliphatic heterocycles. The van der Waals surface area contributed by atoms with E-state index in [4.69, 9.17) is 4.74 Å². The van der Waals surface area contributed by atoms with Crippen molar-refractivity contribution in [3.8, 4) is 0 Å². The highest BCUT2D eigenvalue weighted by atomic mass is 16.5. The summed E-state index contributed by atoms with van der Waals surface area (Å²) in [5.41, 5.74) is 3.25. The second kappa shape index (κ2) is 10.8. The number of hydrogen-bond acceptors (Lipinski definition) is 2. The summed E-state index contributed by atoms with van der Waals surface area (Å²) in [4.78, 5) is 12.2. The number of Topliss-reactive ketones (excluding diaryl/α,β-unsaturated/α-hetero) is 1. The number of rotatable bonds is 3. The third kappa shape index (κ3) is 7.42. The van der Waals surface area contributed by atoms with Gasteiger partial charge in [-0.25, -0.2) is 0 Å². The fourth-order valence-corrected chi connectivity index (χ4v) is 1.74. The zero-order valence-electron chi connectivity index (χ0n) is 13.6. The van der Waals surface area contributed by atoms with Crippen molar-refractivity contribution in [1.29, 1.82) is 0 Å². The maximum absolute atomic E-state index is 12.2. The summed E-state index contributed by atoms with van der Waals surface area (Å²) in [6, 6.07) is 0. The Balaban J connectivity index is 0.00000122. The molecule has 1 saturated heterocycles. The summed E-state index contributed by atoms with van der Waals surface area (Å²) >= 11 is 0. The molecular formula is C19H26O2. The molecule has 0 atom stereocenters. The van der Waals surface area contributed by atoms with Crippen molar-refractivity contribution >= 4 is 5.78 Å². The maximum Gasteiger partial charge on any atom is 0.189 e. The van der Waals surface area contributed by atoms with Crippen molar-refractivity contribution in [1.82, 2.24) is 0 Å². The predicted octanol–water partition coefficient (Wildman–Crippen LogP) is 4.73. The third-order valence-corrected chi connectivity index (χ3v) is 2.55. The third-order valence-electron chi connectivity index (χ3n) is 2.55. The molecule has 114 valence electrons. The zero-order chi connectivity index (χ0) is 16.3. The van der Waals surface area contributed by atoms with Gasteiger partial charge in [-0.05, 0) is 39.3 Å². The molecule has 2 nitrogen and oxygen atoms in total. The average molecular weight is 286 g/mol. The summed E-state index contributed by atoms with van der Waals surface area (Å²) in [6.45, 7) is 15.6. The highest BCUT2D eigenvalue weighted by Crippen LogP contribution is 2.18. The summed E-state index contributed by atoms with van der Waals surface area (Å²) in [7, 11) is 0. The van der Waals surface area contributed by atoms with Crippen LogP contribution in [0.15, 0.2) is 71.9 Å². The van der Waals surface area contributed by atoms with Gasteiger partial charge in [-0.2, -0.15) is 0 Å². The van der Waals surface area contributed by atoms with E-state index in [1.165, 1.54) is 0 Å². The standard InChI is InChI=1S/C16H20O2.C3H6/c1-5-7-13(6-2)9-15-11-18-10-14(16(15)17)8-12(3)4;1-3-2/h5-9H,3,10-11H2,1-2,4H3;3H,1H2,2H3/b7-5-,13-6+,14-8+,15-9+;. The lowest BCUT2D eigenvalue weighted by Crippen LogP contribution is -2.22. The van der Waals surface area contributed by atoms with Crippen LogP contribution in [-0.4, -0.2) is 19.0 Å². The van der Waals surface area contributed by atoms with Crippen LogP contribution in [0.5, 0.6) is 0 Å². The van der Waals surface area contributed by atoms with Crippen LogP contribution in [0.25, 0.3) is 0 Å². The zero-order valence-corrected chi connectivity index (χ0v) is 13.6. The second-order valence-corrected chi connectivity index (χ2v) is 4.70. The molecule has 1 rings (SSSR count). The van der Waals surface area contributed by atoms with E-state index in [1.54, 1.807) is 12.2 Å². The molecule has 1 fully saturated rings. The lowest BCUT2D eigenvalue weighted by Gasteiger charge is -2.17. The Bertz CT molecular complexity index is 500. The molecule has 0 aromatic heterocycles. The molecule has 0 radical (unpaired) electrons. The number of hydrogen-bond donors (Lipinski definition) is 0. The fraction of sp³-hybridized carbons (Fsp3) is 0.316. The van der Waals surface area contributed by atoms with Crippen molar-refractivity contribution in [2.75, 3.05) is 13.2 Å². The lowest BCUT2D eigenvalue weighted by molar-refractivity contribution is -0.114. The Morgan fingerprint density at radius 2 is 1.67 bits per heavy atom. The van der Waals surface area contributed by atoms with Gasteiger partial charge in [0.25, 0.3) is 0 Å². The summed E-state index contributed by atoms with van der Waals surface area (Å²) in [5.74, 6) is 0.0631. The molecule has 0 aromatic carbocycles. The number of ketones is 1. The minimum Gasteiger partial charge on any atom is -0.372 e. The van der Waals surface area contributed by atoms with Gasteiger partial charge in [0.05, 0.1) is 13.2 Å². The van der Waals surface area contributed by atoms with E-state index < -0.39 is 0 Å². The van der Waals surface area contributed by atoms with Gasteiger partial charge in [-0.15, -0.1) is 6.58 Å². The number of carbonyl (C=O) groups excluding carboxylic acids is 1. The van der Waals surface area contributed by atoms with Crippen LogP contribution in [0, 0.1) is 0 Å². The Hall–Kier alpha value is -1.93. The molecule has 0 spiro atoms. The molecule has 21 heavy (non-hydrogen) atoms. The maximum atomic E-state index is 12.2. The van der Waals surface area contributed by atoms with Crippen molar-refractivity contribution in [3.63, 3.8) is 0 Å². The molecule has 0 aromatic rings. The van der Waals surface area contributed by atoms with E-state index in [9.17, 15) is 4.79 Å². The first-order valence-corrected chi connectivity index (χ1v) is 7.05. The average Bonchev–Trinajstić information content (AvgIpc) is 2.43. The number of allylic oxidation sites excluding steroid dienone is 8. The fourth-order valence-electron chi connectivity index (χ4n) is 1.74. The highest BCUT2D eigenvalue weighted by molar-refractivity contribution is 6.09. The molecule has 0 aliphatic carbocycles. The Morgan fingerprint density at radius 1 is 1.14 bits per heavy atom. The number of ether oxygens (including phenoxy) is 1. The van der Waals surface area contributed by atoms with Crippen molar-refractivity contribution in [3.05, 3.63) is 71.9 Å². The summed E-state index contributed by atoms with van der Waals surface area (Å²) < 4.78 is 5.44. The first kappa shape index (κ1) is 19.1. The minimum absolute atomic E-state index is 0.0631. The molecule has 0 bridgehead atoms. The van der Waals surface area contributed by atoms with Crippen molar-refractivity contribution in [2.24, 2.45) is 0 Å². The molecule has 0 N–H and O–H groups in total. The minimum atomic E-state index is 0.0631. The van der Waals surface area contributed by atoms with Gasteiger partial charge >= 0.3 is 0 Å². The van der Waals surface area contributed by atoms with Crippen molar-refractivity contribution in [2.45, 2.75) is 27.7 Å². The van der Waals surface area contributed by atoms with E-state index >= 15 is 0 Å². The first-order valence-electron chi connectivity index (χ1n) is 7.05. The number of carbonyl (C=O) groups is 1. The molecule has 2 heteroatoms. The van der Waals surface area contributed by atoms with Crippen LogP contribution in [0.1, 0.15) is 27.7 Å². The Kier molecular flexibility index (Phi) is 9.82. The van der Waals surface area contributed by atoms with Gasteiger partial charge in [-0.3, -0.25) is 4.79 Å². The largest absolute Gasteiger partial charge is 0.372 e. The summed E-state index contributed by atoms with van der Waals surface area (Å²) in [5, 5.41) is 0. The molecule has 0 saturated carbocycles. The smallest absolute Gasteiger partial charge is 0.189 e. The molecule has 1 aliphatic rings. The van der Waals surface area contributed by atoms with Gasteiger partial charge in [0, 0.05) is 11.1 Å². The van der Waals surface area contributed by atoms with Crippen LogP contribution in [0.2, 0.25) is 0 Å². The van der Waals surface area contributed by atoms with Gasteiger partial charge < -0.3 is 4.74 Å². The van der Waals surface area contributed by atoms with Crippen LogP contribution in [0.4, 0.5) is 0 Å². The quantitative estimate of drug-likeness (QED) is 0.426. The van der Waals surface area contributed by atoms with E-state index in [0.29, 0.717) is 24.4 Å². The van der Waals surface area contributed by atoms with Gasteiger partial charge in [-0.1, -0.05) is 42.5 Å². The predicted molar refractivity (Wildman–Crippen MR) is 91.2 cm³/mol. The summed E-state index contributed by atoms with van der Waals surface area (Å²) in [6.07, 6.45) is 11.3. The van der Waals surface area contributed by atoms with E-state index in [-0.39, 0.29) is 5.78 Å². The normalized spacial score (nSPS) is 19.6. The molecule has 1 heterocycles. The van der Waals surface area contributed by atoms with Gasteiger partial charge in [0.2, 0.25) is 0 Å². The van der Waals surface area contributed by atoms with Crippen LogP contribution in [0.3, 0.4) is 0 Å². The lowest BCUT2D eigenvalue weighted by atomic mass is 9.98. The monoisotopic (exact) mass is 286 g/mol. The molecule has 0 amide bonds. The molecular weight excluding hydrogens is 260 g/mol.